The van der Waals surface area contributed by atoms with E-state index in [9.17, 15) is 9.59 Å². The molecule has 1 unspecified atom stereocenters. The van der Waals surface area contributed by atoms with Crippen molar-refractivity contribution >= 4 is 11.6 Å². The van der Waals surface area contributed by atoms with Gasteiger partial charge in [-0.05, 0) is 62.2 Å². The highest BCUT2D eigenvalue weighted by Crippen LogP contribution is 2.20. The molecule has 0 bridgehead atoms. The fraction of sp³-hybridized carbons (Fsp3) is 0.182. The molecule has 0 saturated heterocycles. The molecule has 1 aromatic heterocycles. The van der Waals surface area contributed by atoms with E-state index in [2.05, 4.69) is 10.4 Å². The Labute approximate surface area is 163 Å². The van der Waals surface area contributed by atoms with Crippen molar-refractivity contribution in [2.75, 3.05) is 5.32 Å². The fourth-order valence-corrected chi connectivity index (χ4v) is 2.78. The van der Waals surface area contributed by atoms with Crippen molar-refractivity contribution in [3.8, 4) is 17.3 Å². The third-order valence-corrected chi connectivity index (χ3v) is 4.63. The highest BCUT2D eigenvalue weighted by atomic mass is 16.2. The maximum Gasteiger partial charge on any atom is 0.267 e. The van der Waals surface area contributed by atoms with Crippen LogP contribution in [0.5, 0.6) is 0 Å². The summed E-state index contributed by atoms with van der Waals surface area (Å²) in [7, 11) is 0. The number of hydrogen-bond acceptors (Lipinski definition) is 4. The quantitative estimate of drug-likeness (QED) is 0.758. The van der Waals surface area contributed by atoms with Gasteiger partial charge in [-0.3, -0.25) is 9.59 Å². The molecular weight excluding hydrogens is 352 g/mol. The van der Waals surface area contributed by atoms with E-state index in [1.165, 1.54) is 16.3 Å². The van der Waals surface area contributed by atoms with Crippen LogP contribution in [0.25, 0.3) is 11.3 Å². The monoisotopic (exact) mass is 372 g/mol. The van der Waals surface area contributed by atoms with Crippen LogP contribution in [-0.4, -0.2) is 15.7 Å². The summed E-state index contributed by atoms with van der Waals surface area (Å²) in [6.07, 6.45) is 0. The van der Waals surface area contributed by atoms with Crippen molar-refractivity contribution in [2.24, 2.45) is 0 Å². The van der Waals surface area contributed by atoms with Gasteiger partial charge in [0.05, 0.1) is 17.3 Å². The number of nitrogens with one attached hydrogen (secondary N) is 1. The van der Waals surface area contributed by atoms with Gasteiger partial charge >= 0.3 is 0 Å². The second-order valence-electron chi connectivity index (χ2n) is 6.66. The molecule has 0 radical (unpaired) electrons. The van der Waals surface area contributed by atoms with E-state index in [1.807, 2.05) is 38.1 Å². The van der Waals surface area contributed by atoms with Crippen molar-refractivity contribution < 1.29 is 4.79 Å². The molecule has 0 spiro atoms. The third kappa shape index (κ3) is 3.99. The Morgan fingerprint density at radius 1 is 1.11 bits per heavy atom. The molecule has 28 heavy (non-hydrogen) atoms. The van der Waals surface area contributed by atoms with Gasteiger partial charge in [-0.25, -0.2) is 4.68 Å². The predicted molar refractivity (Wildman–Crippen MR) is 108 cm³/mol. The van der Waals surface area contributed by atoms with Crippen molar-refractivity contribution in [2.45, 2.75) is 26.8 Å². The average Bonchev–Trinajstić information content (AvgIpc) is 2.70. The second kappa shape index (κ2) is 7.89. The minimum Gasteiger partial charge on any atom is -0.324 e. The Kier molecular flexibility index (Phi) is 5.37. The standard InChI is InChI=1S/C22H20N4O2/c1-14-7-8-18(11-15(14)2)20-9-10-21(27)26(25-20)16(3)22(28)24-19-6-4-5-17(12-19)13-23/h4-12,16H,1-3H3,(H,24,28). The first-order chi connectivity index (χ1) is 13.4. The molecule has 1 amide bonds. The first-order valence-electron chi connectivity index (χ1n) is 8.87. The number of amides is 1. The molecule has 2 aromatic carbocycles. The van der Waals surface area contributed by atoms with Crippen molar-refractivity contribution in [3.63, 3.8) is 0 Å². The number of benzene rings is 2. The van der Waals surface area contributed by atoms with Crippen molar-refractivity contribution in [1.29, 1.82) is 5.26 Å². The number of aryl methyl sites for hydroxylation is 2. The maximum absolute atomic E-state index is 12.6. The Morgan fingerprint density at radius 3 is 2.61 bits per heavy atom. The Morgan fingerprint density at radius 2 is 1.89 bits per heavy atom. The molecule has 6 nitrogen and oxygen atoms in total. The van der Waals surface area contributed by atoms with Gasteiger partial charge < -0.3 is 5.32 Å². The first kappa shape index (κ1) is 19.1. The van der Waals surface area contributed by atoms with Crippen LogP contribution in [0.4, 0.5) is 5.69 Å². The summed E-state index contributed by atoms with van der Waals surface area (Å²) < 4.78 is 1.17. The molecule has 1 heterocycles. The summed E-state index contributed by atoms with van der Waals surface area (Å²) >= 11 is 0. The van der Waals surface area contributed by atoms with Gasteiger partial charge in [0.15, 0.2) is 0 Å². The van der Waals surface area contributed by atoms with Gasteiger partial charge in [-0.2, -0.15) is 10.4 Å². The smallest absolute Gasteiger partial charge is 0.267 e. The lowest BCUT2D eigenvalue weighted by molar-refractivity contribution is -0.119. The van der Waals surface area contributed by atoms with E-state index in [-0.39, 0.29) is 11.5 Å². The number of hydrogen-bond donors (Lipinski definition) is 1. The van der Waals surface area contributed by atoms with Gasteiger partial charge in [0.25, 0.3) is 5.56 Å². The van der Waals surface area contributed by atoms with Gasteiger partial charge in [0.1, 0.15) is 6.04 Å². The van der Waals surface area contributed by atoms with Crippen LogP contribution in [0, 0.1) is 25.2 Å². The van der Waals surface area contributed by atoms with E-state index < -0.39 is 6.04 Å². The van der Waals surface area contributed by atoms with Crippen LogP contribution in [0.3, 0.4) is 0 Å². The van der Waals surface area contributed by atoms with Crippen LogP contribution in [0.15, 0.2) is 59.4 Å². The Balaban J connectivity index is 1.89. The van der Waals surface area contributed by atoms with E-state index in [0.29, 0.717) is 16.9 Å². The van der Waals surface area contributed by atoms with Gasteiger partial charge in [0, 0.05) is 17.3 Å². The van der Waals surface area contributed by atoms with Crippen LogP contribution < -0.4 is 10.9 Å². The van der Waals surface area contributed by atoms with Crippen molar-refractivity contribution in [1.82, 2.24) is 9.78 Å². The number of nitriles is 1. The van der Waals surface area contributed by atoms with Crippen LogP contribution in [0.2, 0.25) is 0 Å². The van der Waals surface area contributed by atoms with Crippen LogP contribution >= 0.6 is 0 Å². The van der Waals surface area contributed by atoms with Gasteiger partial charge in [-0.1, -0.05) is 18.2 Å². The molecule has 0 fully saturated rings. The first-order valence-corrected chi connectivity index (χ1v) is 8.87. The lowest BCUT2D eigenvalue weighted by atomic mass is 10.0. The minimum atomic E-state index is -0.815. The average molecular weight is 372 g/mol. The number of nitrogens with zero attached hydrogens (tertiary/aromatic N) is 3. The number of anilines is 1. The molecule has 0 aliphatic heterocycles. The molecule has 140 valence electrons. The molecular formula is C22H20N4O2. The molecule has 6 heteroatoms. The number of carbonyl (C=O) groups excluding carboxylic acids is 1. The highest BCUT2D eigenvalue weighted by Gasteiger charge is 2.18. The summed E-state index contributed by atoms with van der Waals surface area (Å²) in [4.78, 5) is 24.9. The summed E-state index contributed by atoms with van der Waals surface area (Å²) in [5.41, 5.74) is 4.37. The molecule has 0 aliphatic carbocycles. The normalized spacial score (nSPS) is 11.5. The second-order valence-corrected chi connectivity index (χ2v) is 6.66. The van der Waals surface area contributed by atoms with E-state index in [4.69, 9.17) is 5.26 Å². The molecule has 1 atom stereocenters. The number of carbonyl (C=O) groups is 1. The van der Waals surface area contributed by atoms with E-state index in [0.717, 1.165) is 11.1 Å². The summed E-state index contributed by atoms with van der Waals surface area (Å²) in [5, 5.41) is 16.1. The fourth-order valence-electron chi connectivity index (χ4n) is 2.78. The maximum atomic E-state index is 12.6. The molecule has 3 rings (SSSR count). The summed E-state index contributed by atoms with van der Waals surface area (Å²) in [6.45, 7) is 5.66. The lowest BCUT2D eigenvalue weighted by Gasteiger charge is -2.15. The van der Waals surface area contributed by atoms with Gasteiger partial charge in [0.2, 0.25) is 5.91 Å². The summed E-state index contributed by atoms with van der Waals surface area (Å²) in [6, 6.07) is 16.8. The van der Waals surface area contributed by atoms with Gasteiger partial charge in [-0.15, -0.1) is 0 Å². The predicted octanol–water partition coefficient (Wildman–Crippen LogP) is 3.60. The summed E-state index contributed by atoms with van der Waals surface area (Å²) in [5.74, 6) is -0.387. The SMILES string of the molecule is Cc1ccc(-c2ccc(=O)n(C(C)C(=O)Nc3cccc(C#N)c3)n2)cc1C. The zero-order valence-electron chi connectivity index (χ0n) is 15.9. The zero-order chi connectivity index (χ0) is 20.3. The number of rotatable bonds is 4. The van der Waals surface area contributed by atoms with E-state index >= 15 is 0 Å². The molecule has 0 aliphatic rings. The Hall–Kier alpha value is -3.72. The highest BCUT2D eigenvalue weighted by molar-refractivity contribution is 5.93. The van der Waals surface area contributed by atoms with E-state index in [1.54, 1.807) is 37.3 Å². The Bertz CT molecular complexity index is 1140. The number of aromatic nitrogens is 2. The molecule has 3 aromatic rings. The largest absolute Gasteiger partial charge is 0.324 e. The molecule has 1 N–H and O–H groups in total. The van der Waals surface area contributed by atoms with Crippen LogP contribution in [0.1, 0.15) is 29.7 Å². The topological polar surface area (TPSA) is 87.8 Å². The third-order valence-electron chi connectivity index (χ3n) is 4.63. The minimum absolute atomic E-state index is 0.360. The zero-order valence-corrected chi connectivity index (χ0v) is 15.9. The van der Waals surface area contributed by atoms with Crippen molar-refractivity contribution in [3.05, 3.63) is 81.6 Å². The lowest BCUT2D eigenvalue weighted by Crippen LogP contribution is -2.33. The molecule has 0 saturated carbocycles. The van der Waals surface area contributed by atoms with Crippen LogP contribution in [-0.2, 0) is 4.79 Å².